The van der Waals surface area contributed by atoms with Crippen molar-refractivity contribution >= 4 is 196 Å². The Morgan fingerprint density at radius 3 is 0.853 bits per heavy atom. The van der Waals surface area contributed by atoms with Crippen LogP contribution in [-0.4, -0.2) is 28.7 Å². The van der Waals surface area contributed by atoms with Gasteiger partial charge < -0.3 is 36.9 Å². The molecule has 0 fully saturated rings. The Morgan fingerprint density at radius 1 is 0.235 bits per heavy atom. The van der Waals surface area contributed by atoms with Crippen molar-refractivity contribution in [1.29, 1.82) is 0 Å². The van der Waals surface area contributed by atoms with Gasteiger partial charge in [-0.05, 0) is 178 Å². The summed E-state index contributed by atoms with van der Waals surface area (Å²) in [6.07, 6.45) is 3.68. The minimum absolute atomic E-state index is 0. The second-order valence-electron chi connectivity index (χ2n) is 34.0. The van der Waals surface area contributed by atoms with E-state index < -0.39 is 53.8 Å². The second-order valence-corrected chi connectivity index (χ2v) is 34.0. The smallest absolute Gasteiger partial charge is 0.258 e. The van der Waals surface area contributed by atoms with E-state index in [0.717, 1.165) is 215 Å². The van der Waals surface area contributed by atoms with E-state index in [0.29, 0.717) is 46.4 Å². The van der Waals surface area contributed by atoms with Gasteiger partial charge in [0.15, 0.2) is 0 Å². The molecule has 0 aliphatic rings. The average Bonchev–Trinajstić information content (AvgIpc) is 1.49. The Hall–Kier alpha value is -17.4. The summed E-state index contributed by atoms with van der Waals surface area (Å²) in [6, 6.07) is 132. The fourth-order valence-corrected chi connectivity index (χ4v) is 19.6. The molecule has 17 aromatic carbocycles. The second kappa shape index (κ2) is 33.2. The van der Waals surface area contributed by atoms with Gasteiger partial charge in [-0.3, -0.25) is 19.4 Å². The van der Waals surface area contributed by atoms with Crippen LogP contribution in [0.1, 0.15) is 12.3 Å². The first kappa shape index (κ1) is 72.4. The van der Waals surface area contributed by atoms with Crippen LogP contribution in [0.2, 0.25) is 0 Å². The third-order valence-corrected chi connectivity index (χ3v) is 26.3. The molecule has 0 atom stereocenters. The van der Waals surface area contributed by atoms with Gasteiger partial charge >= 0.3 is 0 Å². The molecule has 0 saturated carbocycles. The number of nitrogens with zero attached hydrogens (tertiary/aromatic N) is 6. The summed E-state index contributed by atoms with van der Waals surface area (Å²) in [6.45, 7) is -10.1. The SMILES string of the molecule is [2H]C([2H])([2H])n1c(=O)c2cc3cc(c2)c(=O)n(C([2H])([2H])[2H])c2ccc(nc2)c2ccc(c(-c4ccc(-c5cccc6c5oc5ccccc56)cc4)c2)c2ccccc2c2cc(cc(c2)c2ccccc2c2c[c-]c(cc2-c2ccc(-c4cccc5c4oc4ccccc45)cc2)c2ccc(cn2)n(C([2H])([2H])[2H])c3=O)c2ccccc2c2c[c-]c(cc2-c2ccc(-c3cccc4c3oc3ccccc34)cc2)c2ccc1cn2.[Ir]. The van der Waals surface area contributed by atoms with Gasteiger partial charge in [0.05, 0.1) is 28.3 Å². The minimum Gasteiger partial charge on any atom is -0.455 e. The predicted molar refractivity (Wildman–Crippen MR) is 557 cm³/mol. The van der Waals surface area contributed by atoms with Crippen molar-refractivity contribution in [3.8, 4) is 66.8 Å². The molecule has 18 bridgehead atoms. The molecule has 44 aromatic rings. The first-order valence-corrected chi connectivity index (χ1v) is 44.3. The quantitative estimate of drug-likeness (QED) is 0.149. The molecule has 645 valence electrons. The number of rotatable bonds is 6. The largest absolute Gasteiger partial charge is 0.455 e. The van der Waals surface area contributed by atoms with Crippen LogP contribution in [0.3, 0.4) is 0 Å². The first-order chi connectivity index (χ1) is 70.0. The zero-order valence-electron chi connectivity index (χ0n) is 81.1. The third kappa shape index (κ3) is 14.0. The molecule has 0 aliphatic carbocycles. The molecule has 44 rings (SSSR count). The van der Waals surface area contributed by atoms with Gasteiger partial charge in [0.2, 0.25) is 0 Å². The zero-order valence-corrected chi connectivity index (χ0v) is 74.5. The van der Waals surface area contributed by atoms with Gasteiger partial charge in [0, 0.05) is 136 Å². The van der Waals surface area contributed by atoms with E-state index in [9.17, 15) is 12.3 Å². The topological polar surface area (TPSA) is 144 Å². The Bertz CT molecular complexity index is 9400. The van der Waals surface area contributed by atoms with E-state index in [-0.39, 0.29) is 36.7 Å². The van der Waals surface area contributed by atoms with E-state index in [2.05, 4.69) is 206 Å². The monoisotopic (exact) mass is 1930 g/mol. The molecule has 0 amide bonds. The maximum absolute atomic E-state index is 16.0. The van der Waals surface area contributed by atoms with Gasteiger partial charge in [-0.25, -0.2) is 0 Å². The van der Waals surface area contributed by atoms with Crippen molar-refractivity contribution in [2.75, 3.05) is 0 Å². The summed E-state index contributed by atoms with van der Waals surface area (Å²) in [5.41, 5.74) is 11.0. The molecule has 0 aliphatic heterocycles. The molecule has 0 spiro atoms. The maximum Gasteiger partial charge on any atom is 0.258 e. The number of fused-ring (bicyclic) bond motifs is 9. The first-order valence-electron chi connectivity index (χ1n) is 48.8. The fourth-order valence-electron chi connectivity index (χ4n) is 19.6. The summed E-state index contributed by atoms with van der Waals surface area (Å²) in [7, 11) is 0. The van der Waals surface area contributed by atoms with Crippen molar-refractivity contribution in [1.82, 2.24) is 28.7 Å². The van der Waals surface area contributed by atoms with Gasteiger partial charge in [-0.2, -0.15) is 0 Å². The van der Waals surface area contributed by atoms with E-state index in [4.69, 9.17) is 28.2 Å². The Labute approximate surface area is 802 Å². The number of benzene rings is 17. The van der Waals surface area contributed by atoms with Crippen LogP contribution in [0.15, 0.2) is 434 Å². The van der Waals surface area contributed by atoms with Crippen LogP contribution in [-0.2, 0) is 41.0 Å². The maximum atomic E-state index is 16.0. The third-order valence-electron chi connectivity index (χ3n) is 26.3. The summed E-state index contributed by atoms with van der Waals surface area (Å²) >= 11 is 0. The molecular formula is C123H76IrN6O6-2. The minimum atomic E-state index is -3.35. The molecular weight excluding hydrogens is 1850 g/mol. The van der Waals surface area contributed by atoms with Crippen LogP contribution in [0, 0.1) is 12.1 Å². The van der Waals surface area contributed by atoms with Crippen LogP contribution < -0.4 is 16.7 Å². The number of hydrogen-bond acceptors (Lipinski definition) is 9. The molecule has 13 heteroatoms. The number of para-hydroxylation sites is 6. The molecule has 0 unspecified atom stereocenters. The average molecular weight is 1940 g/mol. The van der Waals surface area contributed by atoms with Gasteiger partial charge in [0.1, 0.15) is 33.5 Å². The zero-order chi connectivity index (χ0) is 97.7. The Kier molecular flexibility index (Phi) is 17.7. The Balaban J connectivity index is 0.0000113. The van der Waals surface area contributed by atoms with E-state index >= 15 is 14.4 Å². The molecule has 27 aromatic heterocycles. The van der Waals surface area contributed by atoms with Crippen molar-refractivity contribution in [2.24, 2.45) is 20.9 Å². The van der Waals surface area contributed by atoms with E-state index in [1.165, 1.54) is 36.8 Å². The van der Waals surface area contributed by atoms with Gasteiger partial charge in [-0.1, -0.05) is 312 Å². The predicted octanol–water partition coefficient (Wildman–Crippen LogP) is 30.2. The Morgan fingerprint density at radius 2 is 0.522 bits per heavy atom. The van der Waals surface area contributed by atoms with Crippen LogP contribution >= 0.6 is 0 Å². The molecule has 1 radical (unpaired) electrons. The summed E-state index contributed by atoms with van der Waals surface area (Å²) in [4.78, 5) is 62.8. The van der Waals surface area contributed by atoms with Gasteiger partial charge in [0.25, 0.3) is 16.7 Å². The number of pyridine rings is 3. The summed E-state index contributed by atoms with van der Waals surface area (Å²) < 4.78 is 104. The van der Waals surface area contributed by atoms with E-state index in [1.807, 2.05) is 140 Å². The standard InChI is InChI=1S/C123H76N6O6.Ir/c1-127-88-52-58-112(124-70-88)79-49-55-100(109(67-79)76-43-37-73(38-44-76)94-28-16-31-106-103-25-10-13-34-115(103)133-118(94)106)97-22-7-4-19-91(97)82-61-83-63-84(62-82)93-21-6-9-24-99(93)102-57-51-81(69-111(102)78-47-41-75(42-48-78)96-30-18-33-108-105-27-12-15-36-117(105)135-120(96)108)114-60-54-90(72-126-114)129(3)123(132)87-65-85(121(127)130)64-86(66-87)122(131)128(2)89-53-59-113(125-71-89)80-50-56-101(98-23-8-5-20-92(83)98)110(68-80)77-45-39-74(40-46-77)95-29-17-32-107-104-26-11-14-35-116(104)134-119(95)107;/h4-49,52-72H,1-3H3;/q-2;/i1D3,2D3,3D3;. The van der Waals surface area contributed by atoms with Crippen molar-refractivity contribution in [3.05, 3.63) is 450 Å². The van der Waals surface area contributed by atoms with Gasteiger partial charge in [-0.15, -0.1) is 47.2 Å². The van der Waals surface area contributed by atoms with Crippen molar-refractivity contribution < 1.29 is 45.7 Å². The summed E-state index contributed by atoms with van der Waals surface area (Å²) in [5, 5.41) is 15.6. The van der Waals surface area contributed by atoms with E-state index in [1.54, 1.807) is 18.2 Å². The summed E-state index contributed by atoms with van der Waals surface area (Å²) in [5.74, 6) is 0. The molecule has 0 N–H and O–H groups in total. The number of aryl methyl sites for hydroxylation is 3. The van der Waals surface area contributed by atoms with Crippen LogP contribution in [0.5, 0.6) is 0 Å². The fraction of sp³-hybridized carbons (Fsp3) is 0.0244. The molecule has 136 heavy (non-hydrogen) atoms. The molecule has 27 heterocycles. The number of aromatic nitrogens is 6. The number of furan rings is 3. The van der Waals surface area contributed by atoms with Crippen LogP contribution in [0.4, 0.5) is 0 Å². The van der Waals surface area contributed by atoms with Crippen LogP contribution in [0.25, 0.3) is 263 Å². The number of hydrogen-bond donors (Lipinski definition) is 0. The molecule has 0 saturated heterocycles. The molecule has 12 nitrogen and oxygen atoms in total. The normalized spacial score (nSPS) is 12.9. The van der Waals surface area contributed by atoms with Crippen molar-refractivity contribution in [3.63, 3.8) is 0 Å². The van der Waals surface area contributed by atoms with Crippen molar-refractivity contribution in [2.45, 2.75) is 0 Å².